The number of pyridine rings is 1. The highest BCUT2D eigenvalue weighted by Crippen LogP contribution is 2.18. The molecule has 1 fully saturated rings. The minimum absolute atomic E-state index is 0.903. The summed E-state index contributed by atoms with van der Waals surface area (Å²) in [5, 5.41) is 4.37. The van der Waals surface area contributed by atoms with E-state index in [1.54, 1.807) is 0 Å². The van der Waals surface area contributed by atoms with E-state index in [4.69, 9.17) is 0 Å². The SMILES string of the molecule is c1cc(CCC2CC[N]CC2)ccn1. The van der Waals surface area contributed by atoms with Gasteiger partial charge in [-0.3, -0.25) is 4.98 Å². The topological polar surface area (TPSA) is 27.0 Å². The van der Waals surface area contributed by atoms with Gasteiger partial charge in [-0.05, 0) is 49.3 Å². The van der Waals surface area contributed by atoms with Crippen molar-refractivity contribution in [3.63, 3.8) is 0 Å². The van der Waals surface area contributed by atoms with Crippen molar-refractivity contribution in [2.24, 2.45) is 5.92 Å². The summed E-state index contributed by atoms with van der Waals surface area (Å²) in [6.07, 6.45) is 8.87. The van der Waals surface area contributed by atoms with E-state index in [2.05, 4.69) is 22.4 Å². The molecule has 0 aromatic carbocycles. The van der Waals surface area contributed by atoms with E-state index >= 15 is 0 Å². The van der Waals surface area contributed by atoms with Gasteiger partial charge in [-0.2, -0.15) is 0 Å². The van der Waals surface area contributed by atoms with E-state index in [-0.39, 0.29) is 0 Å². The van der Waals surface area contributed by atoms with Gasteiger partial charge in [0.1, 0.15) is 0 Å². The van der Waals surface area contributed by atoms with Gasteiger partial charge in [-0.15, -0.1) is 0 Å². The zero-order valence-electron chi connectivity index (χ0n) is 8.52. The largest absolute Gasteiger partial charge is 0.265 e. The van der Waals surface area contributed by atoms with Crippen molar-refractivity contribution in [1.82, 2.24) is 10.3 Å². The molecule has 0 aliphatic carbocycles. The highest BCUT2D eigenvalue weighted by atomic mass is 14.9. The summed E-state index contributed by atoms with van der Waals surface area (Å²) < 4.78 is 0. The fraction of sp³-hybridized carbons (Fsp3) is 0.583. The first-order chi connectivity index (χ1) is 6.95. The van der Waals surface area contributed by atoms with Gasteiger partial charge in [0.25, 0.3) is 0 Å². The molecule has 0 amide bonds. The van der Waals surface area contributed by atoms with Gasteiger partial charge in [0, 0.05) is 25.5 Å². The fourth-order valence-electron chi connectivity index (χ4n) is 2.01. The molecule has 0 unspecified atom stereocenters. The Morgan fingerprint density at radius 1 is 1.14 bits per heavy atom. The molecule has 0 bridgehead atoms. The van der Waals surface area contributed by atoms with Crippen molar-refractivity contribution in [2.45, 2.75) is 25.7 Å². The van der Waals surface area contributed by atoms with Crippen LogP contribution >= 0.6 is 0 Å². The average Bonchev–Trinajstić information content (AvgIpc) is 2.29. The van der Waals surface area contributed by atoms with Crippen LogP contribution in [-0.2, 0) is 6.42 Å². The minimum Gasteiger partial charge on any atom is -0.265 e. The van der Waals surface area contributed by atoms with Crippen LogP contribution < -0.4 is 5.32 Å². The van der Waals surface area contributed by atoms with Crippen LogP contribution in [0.4, 0.5) is 0 Å². The molecule has 2 rings (SSSR count). The number of aromatic nitrogens is 1. The molecule has 0 spiro atoms. The van der Waals surface area contributed by atoms with E-state index in [9.17, 15) is 0 Å². The summed E-state index contributed by atoms with van der Waals surface area (Å²) in [6, 6.07) is 4.24. The van der Waals surface area contributed by atoms with E-state index in [1.807, 2.05) is 12.4 Å². The van der Waals surface area contributed by atoms with E-state index in [0.717, 1.165) is 19.0 Å². The van der Waals surface area contributed by atoms with Gasteiger partial charge in [-0.25, -0.2) is 5.32 Å². The highest BCUT2D eigenvalue weighted by molar-refractivity contribution is 5.09. The predicted octanol–water partition coefficient (Wildman–Crippen LogP) is 2.03. The molecule has 2 heteroatoms. The predicted molar refractivity (Wildman–Crippen MR) is 57.2 cm³/mol. The molecule has 0 N–H and O–H groups in total. The van der Waals surface area contributed by atoms with Crippen LogP contribution in [0.3, 0.4) is 0 Å². The van der Waals surface area contributed by atoms with Crippen LogP contribution in [0.25, 0.3) is 0 Å². The first-order valence-electron chi connectivity index (χ1n) is 5.47. The van der Waals surface area contributed by atoms with Crippen molar-refractivity contribution in [3.8, 4) is 0 Å². The zero-order chi connectivity index (χ0) is 9.64. The second kappa shape index (κ2) is 5.11. The van der Waals surface area contributed by atoms with Crippen LogP contribution in [-0.4, -0.2) is 18.1 Å². The molecule has 75 valence electrons. The van der Waals surface area contributed by atoms with Crippen LogP contribution in [0, 0.1) is 5.92 Å². The molecule has 1 aliphatic heterocycles. The number of hydrogen-bond donors (Lipinski definition) is 0. The van der Waals surface area contributed by atoms with Crippen molar-refractivity contribution >= 4 is 0 Å². The second-order valence-corrected chi connectivity index (χ2v) is 4.01. The van der Waals surface area contributed by atoms with Crippen molar-refractivity contribution in [2.75, 3.05) is 13.1 Å². The Balaban J connectivity index is 1.76. The molecule has 0 atom stereocenters. The molecular weight excluding hydrogens is 172 g/mol. The third kappa shape index (κ3) is 2.81. The molecule has 1 radical (unpaired) electrons. The summed E-state index contributed by atoms with van der Waals surface area (Å²) in [5.41, 5.74) is 1.42. The van der Waals surface area contributed by atoms with Crippen molar-refractivity contribution in [3.05, 3.63) is 30.1 Å². The summed E-state index contributed by atoms with van der Waals surface area (Å²) in [7, 11) is 0. The molecular formula is C12H17N2. The second-order valence-electron chi connectivity index (χ2n) is 4.01. The summed E-state index contributed by atoms with van der Waals surface area (Å²) in [6.45, 7) is 2.17. The molecule has 1 saturated heterocycles. The first kappa shape index (κ1) is 9.66. The lowest BCUT2D eigenvalue weighted by Crippen LogP contribution is -2.22. The standard InChI is InChI=1S/C12H17N2/c1(11-3-7-13-8-4-11)2-12-5-9-14-10-6-12/h3-4,7-8,12H,1-2,5-6,9-10H2. The minimum atomic E-state index is 0.903. The first-order valence-corrected chi connectivity index (χ1v) is 5.47. The van der Waals surface area contributed by atoms with Gasteiger partial charge < -0.3 is 0 Å². The average molecular weight is 189 g/mol. The number of piperidine rings is 1. The van der Waals surface area contributed by atoms with Crippen molar-refractivity contribution in [1.29, 1.82) is 0 Å². The molecule has 2 nitrogen and oxygen atoms in total. The maximum Gasteiger partial charge on any atom is 0.0270 e. The van der Waals surface area contributed by atoms with E-state index in [1.165, 1.54) is 31.2 Å². The van der Waals surface area contributed by atoms with Crippen LogP contribution in [0.1, 0.15) is 24.8 Å². The fourth-order valence-corrected chi connectivity index (χ4v) is 2.01. The summed E-state index contributed by atoms with van der Waals surface area (Å²) in [4.78, 5) is 4.03. The Labute approximate surface area is 85.7 Å². The lowest BCUT2D eigenvalue weighted by Gasteiger charge is -2.21. The quantitative estimate of drug-likeness (QED) is 0.714. The molecule has 1 aromatic rings. The zero-order valence-corrected chi connectivity index (χ0v) is 8.52. The number of rotatable bonds is 3. The van der Waals surface area contributed by atoms with Gasteiger partial charge in [0.2, 0.25) is 0 Å². The van der Waals surface area contributed by atoms with E-state index < -0.39 is 0 Å². The maximum absolute atomic E-state index is 4.37. The van der Waals surface area contributed by atoms with Gasteiger partial charge in [0.15, 0.2) is 0 Å². The summed E-state index contributed by atoms with van der Waals surface area (Å²) in [5.74, 6) is 0.903. The van der Waals surface area contributed by atoms with Gasteiger partial charge in [0.05, 0.1) is 0 Å². The lowest BCUT2D eigenvalue weighted by atomic mass is 9.92. The molecule has 1 aliphatic rings. The Hall–Kier alpha value is -0.890. The summed E-state index contributed by atoms with van der Waals surface area (Å²) >= 11 is 0. The Morgan fingerprint density at radius 2 is 1.86 bits per heavy atom. The number of hydrogen-bond acceptors (Lipinski definition) is 1. The molecule has 1 aromatic heterocycles. The van der Waals surface area contributed by atoms with E-state index in [0.29, 0.717) is 0 Å². The van der Waals surface area contributed by atoms with Gasteiger partial charge in [-0.1, -0.05) is 0 Å². The Morgan fingerprint density at radius 3 is 2.57 bits per heavy atom. The highest BCUT2D eigenvalue weighted by Gasteiger charge is 2.12. The van der Waals surface area contributed by atoms with Crippen LogP contribution in [0.2, 0.25) is 0 Å². The normalized spacial score (nSPS) is 18.3. The van der Waals surface area contributed by atoms with Crippen molar-refractivity contribution < 1.29 is 0 Å². The monoisotopic (exact) mass is 189 g/mol. The number of nitrogens with zero attached hydrogens (tertiary/aromatic N) is 2. The lowest BCUT2D eigenvalue weighted by molar-refractivity contribution is 0.350. The molecule has 2 heterocycles. The smallest absolute Gasteiger partial charge is 0.0270 e. The Kier molecular flexibility index (Phi) is 3.52. The third-order valence-electron chi connectivity index (χ3n) is 2.98. The Bertz CT molecular complexity index is 252. The van der Waals surface area contributed by atoms with Crippen LogP contribution in [0.15, 0.2) is 24.5 Å². The number of aryl methyl sites for hydroxylation is 1. The van der Waals surface area contributed by atoms with Crippen LogP contribution in [0.5, 0.6) is 0 Å². The molecule has 14 heavy (non-hydrogen) atoms. The maximum atomic E-state index is 4.37. The molecule has 0 saturated carbocycles. The van der Waals surface area contributed by atoms with Gasteiger partial charge >= 0.3 is 0 Å². The third-order valence-corrected chi connectivity index (χ3v) is 2.98.